The molecule has 1 N–H and O–H groups in total. The molecule has 0 aliphatic heterocycles. The topological polar surface area (TPSA) is 90.1 Å². The fourth-order valence-electron chi connectivity index (χ4n) is 2.82. The number of benzene rings is 2. The normalized spacial score (nSPS) is 10.9. The molecule has 0 unspecified atom stereocenters. The van der Waals surface area contributed by atoms with Crippen LogP contribution in [-0.2, 0) is 11.4 Å². The SMILES string of the molecule is O=C(O)CSc1nnc(COc2ccc(Cl)c3cccnc23)n1-c1ccccc1. The fraction of sp³-hybridized carbons (Fsp3) is 0.100. The molecule has 0 spiro atoms. The van der Waals surface area contributed by atoms with Crippen LogP contribution in [0.4, 0.5) is 0 Å². The van der Waals surface area contributed by atoms with Gasteiger partial charge in [-0.25, -0.2) is 0 Å². The van der Waals surface area contributed by atoms with E-state index in [-0.39, 0.29) is 12.4 Å². The third-order valence-corrected chi connectivity index (χ3v) is 5.32. The van der Waals surface area contributed by atoms with Crippen molar-refractivity contribution in [1.82, 2.24) is 19.7 Å². The third kappa shape index (κ3) is 4.18. The van der Waals surface area contributed by atoms with E-state index in [9.17, 15) is 4.79 Å². The van der Waals surface area contributed by atoms with E-state index < -0.39 is 5.97 Å². The standard InChI is InChI=1S/C20H15ClN4O3S/c21-15-8-9-16(19-14(15)7-4-10-22-19)28-11-17-23-24-20(29-12-18(26)27)25(17)13-5-2-1-3-6-13/h1-10H,11-12H2,(H,26,27). The number of fused-ring (bicyclic) bond motifs is 1. The highest BCUT2D eigenvalue weighted by molar-refractivity contribution is 7.99. The zero-order chi connectivity index (χ0) is 20.2. The molecular weight excluding hydrogens is 412 g/mol. The lowest BCUT2D eigenvalue weighted by molar-refractivity contribution is -0.133. The third-order valence-electron chi connectivity index (χ3n) is 4.08. The molecule has 7 nitrogen and oxygen atoms in total. The molecule has 146 valence electrons. The van der Waals surface area contributed by atoms with Crippen molar-refractivity contribution in [2.75, 3.05) is 5.75 Å². The molecule has 0 atom stereocenters. The second kappa shape index (κ2) is 8.50. The lowest BCUT2D eigenvalue weighted by Crippen LogP contribution is -2.08. The first kappa shape index (κ1) is 19.2. The summed E-state index contributed by atoms with van der Waals surface area (Å²) >= 11 is 7.34. The van der Waals surface area contributed by atoms with Gasteiger partial charge in [-0.15, -0.1) is 10.2 Å². The second-order valence-electron chi connectivity index (χ2n) is 5.99. The predicted octanol–water partition coefficient (Wildman–Crippen LogP) is 4.22. The highest BCUT2D eigenvalue weighted by Gasteiger charge is 2.17. The summed E-state index contributed by atoms with van der Waals surface area (Å²) in [5.74, 6) is 0.0852. The van der Waals surface area contributed by atoms with Crippen LogP contribution in [0.15, 0.2) is 66.0 Å². The number of para-hydroxylation sites is 1. The van der Waals surface area contributed by atoms with Gasteiger partial charge in [-0.05, 0) is 36.4 Å². The number of carbonyl (C=O) groups is 1. The van der Waals surface area contributed by atoms with Crippen molar-refractivity contribution < 1.29 is 14.6 Å². The van der Waals surface area contributed by atoms with Gasteiger partial charge in [-0.3, -0.25) is 14.3 Å². The number of aromatic nitrogens is 4. The van der Waals surface area contributed by atoms with Crippen molar-refractivity contribution >= 4 is 40.2 Å². The lowest BCUT2D eigenvalue weighted by atomic mass is 10.2. The number of rotatable bonds is 7. The van der Waals surface area contributed by atoms with E-state index in [2.05, 4.69) is 15.2 Å². The average Bonchev–Trinajstić information content (AvgIpc) is 3.15. The van der Waals surface area contributed by atoms with Gasteiger partial charge >= 0.3 is 5.97 Å². The smallest absolute Gasteiger partial charge is 0.313 e. The molecule has 4 aromatic rings. The molecular formula is C20H15ClN4O3S. The maximum Gasteiger partial charge on any atom is 0.313 e. The number of aliphatic carboxylic acids is 1. The first-order valence-corrected chi connectivity index (χ1v) is 10.00. The molecule has 2 aromatic carbocycles. The fourth-order valence-corrected chi connectivity index (χ4v) is 3.73. The predicted molar refractivity (Wildman–Crippen MR) is 111 cm³/mol. The number of carboxylic acid groups (broad SMARTS) is 1. The number of thioether (sulfide) groups is 1. The molecule has 2 heterocycles. The molecule has 29 heavy (non-hydrogen) atoms. The van der Waals surface area contributed by atoms with E-state index in [4.69, 9.17) is 21.4 Å². The Labute approximate surface area is 175 Å². The minimum absolute atomic E-state index is 0.114. The summed E-state index contributed by atoms with van der Waals surface area (Å²) in [4.78, 5) is 15.3. The van der Waals surface area contributed by atoms with Crippen molar-refractivity contribution in [1.29, 1.82) is 0 Å². The number of carboxylic acids is 1. The van der Waals surface area contributed by atoms with Gasteiger partial charge in [0.2, 0.25) is 0 Å². The number of nitrogens with zero attached hydrogens (tertiary/aromatic N) is 4. The molecule has 0 fully saturated rings. The largest absolute Gasteiger partial charge is 0.483 e. The monoisotopic (exact) mass is 426 g/mol. The Kier molecular flexibility index (Phi) is 5.64. The maximum atomic E-state index is 11.0. The zero-order valence-corrected chi connectivity index (χ0v) is 16.6. The zero-order valence-electron chi connectivity index (χ0n) is 15.0. The number of halogens is 1. The van der Waals surface area contributed by atoms with E-state index in [1.54, 1.807) is 22.9 Å². The van der Waals surface area contributed by atoms with Crippen LogP contribution in [0.5, 0.6) is 5.75 Å². The van der Waals surface area contributed by atoms with Crippen molar-refractivity contribution in [3.05, 3.63) is 71.6 Å². The van der Waals surface area contributed by atoms with Crippen LogP contribution in [0, 0.1) is 0 Å². The van der Waals surface area contributed by atoms with Gasteiger partial charge in [-0.1, -0.05) is 41.6 Å². The molecule has 0 saturated heterocycles. The summed E-state index contributed by atoms with van der Waals surface area (Å²) in [6.07, 6.45) is 1.68. The highest BCUT2D eigenvalue weighted by Crippen LogP contribution is 2.30. The van der Waals surface area contributed by atoms with Crippen molar-refractivity contribution in [3.8, 4) is 11.4 Å². The number of ether oxygens (including phenoxy) is 1. The summed E-state index contributed by atoms with van der Waals surface area (Å²) in [6, 6.07) is 16.7. The van der Waals surface area contributed by atoms with Gasteiger partial charge in [0.25, 0.3) is 0 Å². The van der Waals surface area contributed by atoms with Crippen molar-refractivity contribution in [2.24, 2.45) is 0 Å². The Morgan fingerprint density at radius 2 is 1.93 bits per heavy atom. The number of hydrogen-bond acceptors (Lipinski definition) is 6. The van der Waals surface area contributed by atoms with Gasteiger partial charge in [0, 0.05) is 17.3 Å². The minimum atomic E-state index is -0.922. The molecule has 0 radical (unpaired) electrons. The van der Waals surface area contributed by atoms with E-state index in [1.165, 1.54) is 0 Å². The number of hydrogen-bond donors (Lipinski definition) is 1. The van der Waals surface area contributed by atoms with E-state index in [1.807, 2.05) is 42.5 Å². The second-order valence-corrected chi connectivity index (χ2v) is 7.34. The van der Waals surface area contributed by atoms with Crippen molar-refractivity contribution in [3.63, 3.8) is 0 Å². The first-order valence-electron chi connectivity index (χ1n) is 8.64. The van der Waals surface area contributed by atoms with E-state index >= 15 is 0 Å². The maximum absolute atomic E-state index is 11.0. The van der Waals surface area contributed by atoms with Crippen LogP contribution in [0.3, 0.4) is 0 Å². The van der Waals surface area contributed by atoms with Gasteiger partial charge in [0.05, 0.1) is 10.8 Å². The Hall–Kier alpha value is -3.10. The minimum Gasteiger partial charge on any atom is -0.483 e. The van der Waals surface area contributed by atoms with Gasteiger partial charge in [0.15, 0.2) is 11.0 Å². The summed E-state index contributed by atoms with van der Waals surface area (Å²) in [5.41, 5.74) is 1.48. The summed E-state index contributed by atoms with van der Waals surface area (Å²) < 4.78 is 7.78. The number of pyridine rings is 1. The van der Waals surface area contributed by atoms with Gasteiger partial charge < -0.3 is 9.84 Å². The Morgan fingerprint density at radius 1 is 1.10 bits per heavy atom. The van der Waals surface area contributed by atoms with Crippen LogP contribution < -0.4 is 4.74 Å². The van der Waals surface area contributed by atoms with Crippen LogP contribution in [-0.4, -0.2) is 36.6 Å². The first-order chi connectivity index (χ1) is 14.1. The van der Waals surface area contributed by atoms with Crippen LogP contribution in [0.2, 0.25) is 5.02 Å². The molecule has 0 aliphatic carbocycles. The van der Waals surface area contributed by atoms with Crippen LogP contribution in [0.25, 0.3) is 16.6 Å². The molecule has 0 saturated carbocycles. The molecule has 0 amide bonds. The Balaban J connectivity index is 1.66. The van der Waals surface area contributed by atoms with Crippen molar-refractivity contribution in [2.45, 2.75) is 11.8 Å². The molecule has 0 bridgehead atoms. The molecule has 2 aromatic heterocycles. The van der Waals surface area contributed by atoms with Gasteiger partial charge in [-0.2, -0.15) is 0 Å². The summed E-state index contributed by atoms with van der Waals surface area (Å²) in [7, 11) is 0. The van der Waals surface area contributed by atoms with E-state index in [0.717, 1.165) is 22.8 Å². The van der Waals surface area contributed by atoms with Crippen LogP contribution >= 0.6 is 23.4 Å². The molecule has 4 rings (SSSR count). The Bertz CT molecular complexity index is 1170. The quantitative estimate of drug-likeness (QED) is 0.442. The molecule has 9 heteroatoms. The Morgan fingerprint density at radius 3 is 2.72 bits per heavy atom. The average molecular weight is 427 g/mol. The molecule has 0 aliphatic rings. The van der Waals surface area contributed by atoms with Crippen LogP contribution in [0.1, 0.15) is 5.82 Å². The van der Waals surface area contributed by atoms with Gasteiger partial charge in [0.1, 0.15) is 17.9 Å². The van der Waals surface area contributed by atoms with E-state index in [0.29, 0.717) is 27.3 Å². The summed E-state index contributed by atoms with van der Waals surface area (Å²) in [6.45, 7) is 0.128. The lowest BCUT2D eigenvalue weighted by Gasteiger charge is -2.12. The summed E-state index contributed by atoms with van der Waals surface area (Å²) in [5, 5.41) is 19.2. The highest BCUT2D eigenvalue weighted by atomic mass is 35.5.